The molecule has 1 aromatic carbocycles. The highest BCUT2D eigenvalue weighted by Gasteiger charge is 2.35. The van der Waals surface area contributed by atoms with E-state index in [-0.39, 0.29) is 5.91 Å². The number of hydrogen-bond donors (Lipinski definition) is 0. The van der Waals surface area contributed by atoms with Crippen molar-refractivity contribution >= 4 is 5.91 Å². The second kappa shape index (κ2) is 11.6. The molecule has 6 heteroatoms. The normalized spacial score (nSPS) is 19.9. The zero-order valence-electron chi connectivity index (χ0n) is 20.0. The lowest BCUT2D eigenvalue weighted by atomic mass is 9.93. The summed E-state index contributed by atoms with van der Waals surface area (Å²) in [6.07, 6.45) is 7.61. The smallest absolute Gasteiger partial charge is 0.260 e. The van der Waals surface area contributed by atoms with Crippen LogP contribution in [0.15, 0.2) is 42.6 Å². The first-order valence-corrected chi connectivity index (χ1v) is 12.5. The van der Waals surface area contributed by atoms with Crippen LogP contribution < -0.4 is 4.74 Å². The monoisotopic (exact) mass is 451 g/mol. The van der Waals surface area contributed by atoms with E-state index in [2.05, 4.69) is 48.0 Å². The summed E-state index contributed by atoms with van der Waals surface area (Å²) in [4.78, 5) is 25.8. The summed E-state index contributed by atoms with van der Waals surface area (Å²) in [5.41, 5.74) is 3.79. The molecule has 178 valence electrons. The lowest BCUT2D eigenvalue weighted by molar-refractivity contribution is -0.188. The molecule has 0 saturated carbocycles. The predicted octanol–water partition coefficient (Wildman–Crippen LogP) is 4.39. The average molecular weight is 452 g/mol. The Kier molecular flexibility index (Phi) is 8.35. The van der Waals surface area contributed by atoms with Gasteiger partial charge in [-0.3, -0.25) is 19.5 Å². The van der Waals surface area contributed by atoms with Crippen LogP contribution in [0.4, 0.5) is 0 Å². The van der Waals surface area contributed by atoms with Gasteiger partial charge < -0.3 is 4.74 Å². The highest BCUT2D eigenvalue weighted by Crippen LogP contribution is 2.36. The SMILES string of the molecule is CCCON(CCC)C(=O)CN1CC(c2ccc3c(c2)CCO3)CC1CCc1ccccn1. The van der Waals surface area contributed by atoms with Crippen LogP contribution in [0.3, 0.4) is 0 Å². The predicted molar refractivity (Wildman–Crippen MR) is 129 cm³/mol. The molecule has 2 atom stereocenters. The molecule has 1 saturated heterocycles. The molecule has 3 heterocycles. The number of fused-ring (bicyclic) bond motifs is 1. The lowest BCUT2D eigenvalue weighted by Gasteiger charge is -2.27. The summed E-state index contributed by atoms with van der Waals surface area (Å²) in [6.45, 7) is 7.44. The molecule has 0 spiro atoms. The second-order valence-corrected chi connectivity index (χ2v) is 9.17. The molecular formula is C27H37N3O3. The number of nitrogens with zero attached hydrogens (tertiary/aromatic N) is 3. The molecule has 33 heavy (non-hydrogen) atoms. The number of carbonyl (C=O) groups is 1. The van der Waals surface area contributed by atoms with E-state index in [4.69, 9.17) is 9.57 Å². The average Bonchev–Trinajstić information content (AvgIpc) is 3.47. The number of likely N-dealkylation sites (tertiary alicyclic amines) is 1. The van der Waals surface area contributed by atoms with Crippen LogP contribution in [0.25, 0.3) is 0 Å². The fraction of sp³-hybridized carbons (Fsp3) is 0.556. The molecule has 0 N–H and O–H groups in total. The van der Waals surface area contributed by atoms with Crippen molar-refractivity contribution < 1.29 is 14.4 Å². The molecule has 0 radical (unpaired) electrons. The number of benzene rings is 1. The van der Waals surface area contributed by atoms with Crippen molar-refractivity contribution in [3.63, 3.8) is 0 Å². The van der Waals surface area contributed by atoms with Gasteiger partial charge in [0.15, 0.2) is 0 Å². The first kappa shape index (κ1) is 23.7. The summed E-state index contributed by atoms with van der Waals surface area (Å²) in [6, 6.07) is 13.1. The van der Waals surface area contributed by atoms with Gasteiger partial charge in [-0.15, -0.1) is 0 Å². The van der Waals surface area contributed by atoms with Crippen molar-refractivity contribution in [2.24, 2.45) is 0 Å². The number of hydrogen-bond acceptors (Lipinski definition) is 5. The van der Waals surface area contributed by atoms with Crippen LogP contribution in [-0.4, -0.2) is 59.7 Å². The molecule has 0 bridgehead atoms. The van der Waals surface area contributed by atoms with Gasteiger partial charge in [0, 0.05) is 37.4 Å². The van der Waals surface area contributed by atoms with Crippen LogP contribution in [0.5, 0.6) is 5.75 Å². The van der Waals surface area contributed by atoms with Gasteiger partial charge in [-0.2, -0.15) is 0 Å². The molecule has 2 aliphatic heterocycles. The molecule has 2 unspecified atom stereocenters. The van der Waals surface area contributed by atoms with Gasteiger partial charge >= 0.3 is 0 Å². The van der Waals surface area contributed by atoms with Gasteiger partial charge in [-0.1, -0.05) is 32.0 Å². The maximum absolute atomic E-state index is 13.1. The summed E-state index contributed by atoms with van der Waals surface area (Å²) in [5.74, 6) is 1.52. The van der Waals surface area contributed by atoms with E-state index in [0.29, 0.717) is 31.7 Å². The van der Waals surface area contributed by atoms with Crippen molar-refractivity contribution in [1.29, 1.82) is 0 Å². The van der Waals surface area contributed by atoms with Gasteiger partial charge in [0.25, 0.3) is 5.91 Å². The Balaban J connectivity index is 1.46. The number of hydroxylamine groups is 2. The van der Waals surface area contributed by atoms with Gasteiger partial charge in [0.1, 0.15) is 5.75 Å². The maximum atomic E-state index is 13.1. The van der Waals surface area contributed by atoms with Crippen molar-refractivity contribution in [3.8, 4) is 5.75 Å². The molecule has 0 aliphatic carbocycles. The van der Waals surface area contributed by atoms with E-state index in [9.17, 15) is 4.79 Å². The fourth-order valence-electron chi connectivity index (χ4n) is 4.96. The van der Waals surface area contributed by atoms with E-state index < -0.39 is 0 Å². The van der Waals surface area contributed by atoms with E-state index in [1.807, 2.05) is 18.3 Å². The second-order valence-electron chi connectivity index (χ2n) is 9.17. The van der Waals surface area contributed by atoms with Crippen LogP contribution in [0, 0.1) is 0 Å². The Hall–Kier alpha value is -2.44. The number of aryl methyl sites for hydroxylation is 1. The molecule has 1 fully saturated rings. The van der Waals surface area contributed by atoms with Gasteiger partial charge in [-0.25, -0.2) is 5.06 Å². The Morgan fingerprint density at radius 2 is 2.15 bits per heavy atom. The van der Waals surface area contributed by atoms with E-state index in [1.54, 1.807) is 5.06 Å². The number of carbonyl (C=O) groups excluding carboxylic acids is 1. The van der Waals surface area contributed by atoms with Crippen molar-refractivity contribution in [3.05, 3.63) is 59.4 Å². The molecule has 2 aromatic rings. The third-order valence-electron chi connectivity index (χ3n) is 6.67. The number of pyridine rings is 1. The van der Waals surface area contributed by atoms with Crippen LogP contribution in [-0.2, 0) is 22.5 Å². The maximum Gasteiger partial charge on any atom is 0.260 e. The number of amides is 1. The third-order valence-corrected chi connectivity index (χ3v) is 6.67. The Morgan fingerprint density at radius 1 is 1.24 bits per heavy atom. The number of aromatic nitrogens is 1. The standard InChI is InChI=1S/C27H37N3O3/c1-3-14-30(33-15-4-2)27(31)20-29-19-23(21-8-11-26-22(17-21)12-16-32-26)18-25(29)10-9-24-7-5-6-13-28-24/h5-8,11,13,17,23,25H,3-4,9-10,12,14-16,18-20H2,1-2H3. The molecule has 1 amide bonds. The zero-order chi connectivity index (χ0) is 23.0. The quantitative estimate of drug-likeness (QED) is 0.475. The molecule has 2 aliphatic rings. The highest BCUT2D eigenvalue weighted by atomic mass is 16.7. The summed E-state index contributed by atoms with van der Waals surface area (Å²) in [5, 5.41) is 1.58. The largest absolute Gasteiger partial charge is 0.493 e. The first-order valence-electron chi connectivity index (χ1n) is 12.5. The summed E-state index contributed by atoms with van der Waals surface area (Å²) >= 11 is 0. The van der Waals surface area contributed by atoms with Gasteiger partial charge in [-0.05, 0) is 67.3 Å². The first-order chi connectivity index (χ1) is 16.2. The highest BCUT2D eigenvalue weighted by molar-refractivity contribution is 5.77. The minimum Gasteiger partial charge on any atom is -0.493 e. The minimum absolute atomic E-state index is 0.0659. The van der Waals surface area contributed by atoms with E-state index >= 15 is 0 Å². The van der Waals surface area contributed by atoms with Crippen LogP contribution in [0.1, 0.15) is 62.3 Å². The Labute approximate surface area is 197 Å². The van der Waals surface area contributed by atoms with E-state index in [1.165, 1.54) is 11.1 Å². The van der Waals surface area contributed by atoms with Crippen molar-refractivity contribution in [2.75, 3.05) is 32.8 Å². The summed E-state index contributed by atoms with van der Waals surface area (Å²) in [7, 11) is 0. The van der Waals surface area contributed by atoms with Crippen LogP contribution in [0.2, 0.25) is 0 Å². The zero-order valence-corrected chi connectivity index (χ0v) is 20.0. The fourth-order valence-corrected chi connectivity index (χ4v) is 4.96. The molecular weight excluding hydrogens is 414 g/mol. The van der Waals surface area contributed by atoms with Crippen molar-refractivity contribution in [2.45, 2.75) is 64.3 Å². The molecule has 4 rings (SSSR count). The summed E-state index contributed by atoms with van der Waals surface area (Å²) < 4.78 is 5.70. The number of ether oxygens (including phenoxy) is 1. The Bertz CT molecular complexity index is 905. The van der Waals surface area contributed by atoms with Gasteiger partial charge in [0.2, 0.25) is 0 Å². The topological polar surface area (TPSA) is 54.9 Å². The van der Waals surface area contributed by atoms with Gasteiger partial charge in [0.05, 0.1) is 19.8 Å². The van der Waals surface area contributed by atoms with Crippen molar-refractivity contribution in [1.82, 2.24) is 14.9 Å². The number of rotatable bonds is 11. The van der Waals surface area contributed by atoms with E-state index in [0.717, 1.165) is 63.1 Å². The molecule has 1 aromatic heterocycles. The minimum atomic E-state index is 0.0659. The lowest BCUT2D eigenvalue weighted by Crippen LogP contribution is -2.43. The third kappa shape index (κ3) is 6.12. The Morgan fingerprint density at radius 3 is 2.94 bits per heavy atom. The molecule has 6 nitrogen and oxygen atoms in total. The van der Waals surface area contributed by atoms with Crippen LogP contribution >= 0.6 is 0 Å².